The molecule has 0 radical (unpaired) electrons. The van der Waals surface area contributed by atoms with Crippen molar-refractivity contribution in [2.24, 2.45) is 0 Å². The molecule has 0 aliphatic rings. The Labute approximate surface area is 197 Å². The van der Waals surface area contributed by atoms with E-state index in [0.717, 1.165) is 17.1 Å². The van der Waals surface area contributed by atoms with E-state index in [9.17, 15) is 22.8 Å². The molecular weight excluding hydrogens is 479 g/mol. The molecule has 0 saturated carbocycles. The van der Waals surface area contributed by atoms with Crippen molar-refractivity contribution >= 4 is 40.4 Å². The number of nitrogens with zero attached hydrogens (tertiary/aromatic N) is 2. The molecule has 0 aliphatic carbocycles. The van der Waals surface area contributed by atoms with E-state index in [4.69, 9.17) is 16.0 Å². The van der Waals surface area contributed by atoms with Gasteiger partial charge in [-0.05, 0) is 30.3 Å². The molecule has 0 spiro atoms. The third-order valence-electron chi connectivity index (χ3n) is 4.57. The van der Waals surface area contributed by atoms with Crippen LogP contribution >= 0.6 is 22.9 Å². The second-order valence-corrected chi connectivity index (χ2v) is 8.88. The van der Waals surface area contributed by atoms with Gasteiger partial charge in [0.2, 0.25) is 11.8 Å². The van der Waals surface area contributed by atoms with Crippen molar-refractivity contribution in [3.8, 4) is 0 Å². The molecule has 2 heterocycles. The van der Waals surface area contributed by atoms with Gasteiger partial charge in [-0.1, -0.05) is 25.4 Å². The van der Waals surface area contributed by atoms with E-state index in [0.29, 0.717) is 11.5 Å². The number of alkyl halides is 3. The molecule has 0 aliphatic heterocycles. The third kappa shape index (κ3) is 6.82. The van der Waals surface area contributed by atoms with Crippen molar-refractivity contribution in [3.63, 3.8) is 0 Å². The van der Waals surface area contributed by atoms with Crippen molar-refractivity contribution in [2.75, 3.05) is 11.9 Å². The number of hydrogen-bond donors (Lipinski definition) is 1. The fourth-order valence-electron chi connectivity index (χ4n) is 2.95. The number of rotatable bonds is 8. The molecule has 3 rings (SSSR count). The smallest absolute Gasteiger partial charge is 0.417 e. The molecule has 0 unspecified atom stereocenters. The first-order chi connectivity index (χ1) is 15.5. The molecule has 2 aromatic heterocycles. The lowest BCUT2D eigenvalue weighted by atomic mass is 10.2. The quantitative estimate of drug-likeness (QED) is 0.428. The fraction of sp³-hybridized carbons (Fsp3) is 0.318. The standard InChI is InChI=1S/C22H21ClF3N3O3S/c1-13(2)21-28-15(12-33-21)9-20(31)29(10-16-4-3-7-32-16)11-19(30)27-14-5-6-18(23)17(8-14)22(24,25)26/h3-8,12-13H,9-11H2,1-2H3,(H,27,30). The van der Waals surface area contributed by atoms with Crippen LogP contribution < -0.4 is 5.32 Å². The van der Waals surface area contributed by atoms with Crippen LogP contribution in [0, 0.1) is 0 Å². The van der Waals surface area contributed by atoms with Crippen LogP contribution in [0.5, 0.6) is 0 Å². The number of anilines is 1. The van der Waals surface area contributed by atoms with Crippen LogP contribution in [-0.2, 0) is 28.7 Å². The highest BCUT2D eigenvalue weighted by Gasteiger charge is 2.33. The normalized spacial score (nSPS) is 11.6. The van der Waals surface area contributed by atoms with E-state index in [1.54, 1.807) is 17.5 Å². The number of benzene rings is 1. The number of carbonyl (C=O) groups is 2. The third-order valence-corrected chi connectivity index (χ3v) is 6.09. The summed E-state index contributed by atoms with van der Waals surface area (Å²) >= 11 is 7.07. The minimum Gasteiger partial charge on any atom is -0.467 e. The Hall–Kier alpha value is -2.85. The van der Waals surface area contributed by atoms with E-state index in [-0.39, 0.29) is 37.0 Å². The van der Waals surface area contributed by atoms with Gasteiger partial charge in [0.05, 0.1) is 40.5 Å². The Morgan fingerprint density at radius 2 is 2.03 bits per heavy atom. The topological polar surface area (TPSA) is 75.4 Å². The lowest BCUT2D eigenvalue weighted by Crippen LogP contribution is -2.38. The maximum atomic E-state index is 13.1. The Morgan fingerprint density at radius 1 is 1.27 bits per heavy atom. The average molecular weight is 500 g/mol. The molecule has 0 bridgehead atoms. The van der Waals surface area contributed by atoms with Crippen molar-refractivity contribution in [1.29, 1.82) is 0 Å². The summed E-state index contributed by atoms with van der Waals surface area (Å²) in [7, 11) is 0. The van der Waals surface area contributed by atoms with Gasteiger partial charge in [-0.3, -0.25) is 9.59 Å². The molecule has 176 valence electrons. The number of hydrogen-bond acceptors (Lipinski definition) is 5. The van der Waals surface area contributed by atoms with Gasteiger partial charge in [-0.2, -0.15) is 13.2 Å². The van der Waals surface area contributed by atoms with Crippen molar-refractivity contribution in [1.82, 2.24) is 9.88 Å². The number of amides is 2. The van der Waals surface area contributed by atoms with Gasteiger partial charge in [-0.15, -0.1) is 11.3 Å². The van der Waals surface area contributed by atoms with Crippen LogP contribution in [-0.4, -0.2) is 28.2 Å². The predicted octanol–water partition coefficient (Wildman–Crippen LogP) is 5.74. The Morgan fingerprint density at radius 3 is 2.64 bits per heavy atom. The van der Waals surface area contributed by atoms with Crippen LogP contribution in [0.2, 0.25) is 5.02 Å². The summed E-state index contributed by atoms with van der Waals surface area (Å²) in [6, 6.07) is 6.38. The molecule has 0 fully saturated rings. The Balaban J connectivity index is 1.73. The van der Waals surface area contributed by atoms with E-state index >= 15 is 0 Å². The van der Waals surface area contributed by atoms with Crippen LogP contribution in [0.1, 0.15) is 41.8 Å². The van der Waals surface area contributed by atoms with Gasteiger partial charge in [0.25, 0.3) is 0 Å². The summed E-state index contributed by atoms with van der Waals surface area (Å²) in [5, 5.41) is 4.62. The zero-order valence-electron chi connectivity index (χ0n) is 17.8. The van der Waals surface area contributed by atoms with E-state index in [1.807, 2.05) is 13.8 Å². The molecule has 2 amide bonds. The van der Waals surface area contributed by atoms with E-state index < -0.39 is 22.7 Å². The highest BCUT2D eigenvalue weighted by molar-refractivity contribution is 7.09. The Kier molecular flexibility index (Phi) is 7.80. The maximum absolute atomic E-state index is 13.1. The zero-order valence-corrected chi connectivity index (χ0v) is 19.4. The molecule has 0 atom stereocenters. The largest absolute Gasteiger partial charge is 0.467 e. The molecule has 11 heteroatoms. The van der Waals surface area contributed by atoms with Crippen LogP contribution in [0.15, 0.2) is 46.4 Å². The second kappa shape index (κ2) is 10.4. The molecular formula is C22H21ClF3N3O3S. The van der Waals surface area contributed by atoms with Gasteiger partial charge in [-0.25, -0.2) is 4.98 Å². The van der Waals surface area contributed by atoms with Crippen molar-refractivity contribution < 1.29 is 27.2 Å². The monoisotopic (exact) mass is 499 g/mol. The number of halogens is 4. The molecule has 3 aromatic rings. The first-order valence-corrected chi connectivity index (χ1v) is 11.2. The minimum absolute atomic E-state index is 0.0175. The summed E-state index contributed by atoms with van der Waals surface area (Å²) in [4.78, 5) is 31.2. The van der Waals surface area contributed by atoms with Gasteiger partial charge in [0, 0.05) is 17.0 Å². The SMILES string of the molecule is CC(C)c1nc(CC(=O)N(CC(=O)Nc2ccc(Cl)c(C(F)(F)F)c2)Cc2ccco2)cs1. The van der Waals surface area contributed by atoms with Gasteiger partial charge in [0.1, 0.15) is 12.3 Å². The lowest BCUT2D eigenvalue weighted by Gasteiger charge is -2.21. The number of thiazole rings is 1. The molecule has 1 aromatic carbocycles. The average Bonchev–Trinajstić information content (AvgIpc) is 3.40. The molecule has 1 N–H and O–H groups in total. The van der Waals surface area contributed by atoms with Crippen LogP contribution in [0.4, 0.5) is 18.9 Å². The Bertz CT molecular complexity index is 1110. The maximum Gasteiger partial charge on any atom is 0.417 e. The van der Waals surface area contributed by atoms with Gasteiger partial charge in [0.15, 0.2) is 0 Å². The van der Waals surface area contributed by atoms with Gasteiger partial charge < -0.3 is 14.6 Å². The molecule has 33 heavy (non-hydrogen) atoms. The first-order valence-electron chi connectivity index (χ1n) is 9.94. The number of aromatic nitrogens is 1. The van der Waals surface area contributed by atoms with Crippen LogP contribution in [0.25, 0.3) is 0 Å². The fourth-order valence-corrected chi connectivity index (χ4v) is 4.01. The summed E-state index contributed by atoms with van der Waals surface area (Å²) in [5.41, 5.74) is -0.552. The minimum atomic E-state index is -4.67. The summed E-state index contributed by atoms with van der Waals surface area (Å²) in [6.07, 6.45) is -3.24. The van der Waals surface area contributed by atoms with Crippen molar-refractivity contribution in [2.45, 2.75) is 38.9 Å². The van der Waals surface area contributed by atoms with E-state index in [2.05, 4.69) is 10.3 Å². The summed E-state index contributed by atoms with van der Waals surface area (Å²) in [6.45, 7) is 3.64. The lowest BCUT2D eigenvalue weighted by molar-refractivity contribution is -0.137. The van der Waals surface area contributed by atoms with Crippen LogP contribution in [0.3, 0.4) is 0 Å². The summed E-state index contributed by atoms with van der Waals surface area (Å²) in [5.74, 6) is -0.339. The highest BCUT2D eigenvalue weighted by Crippen LogP contribution is 2.36. The van der Waals surface area contributed by atoms with Gasteiger partial charge >= 0.3 is 6.18 Å². The summed E-state index contributed by atoms with van der Waals surface area (Å²) < 4.78 is 44.5. The number of carbonyl (C=O) groups excluding carboxylic acids is 2. The molecule has 6 nitrogen and oxygen atoms in total. The molecule has 0 saturated heterocycles. The zero-order chi connectivity index (χ0) is 24.2. The van der Waals surface area contributed by atoms with Crippen molar-refractivity contribution in [3.05, 3.63) is 69.0 Å². The number of furan rings is 1. The van der Waals surface area contributed by atoms with E-state index in [1.165, 1.54) is 28.6 Å². The number of nitrogens with one attached hydrogen (secondary N) is 1. The first kappa shape index (κ1) is 24.8. The highest BCUT2D eigenvalue weighted by atomic mass is 35.5. The second-order valence-electron chi connectivity index (χ2n) is 7.58. The predicted molar refractivity (Wildman–Crippen MR) is 119 cm³/mol.